The number of hydrogen-bond acceptors (Lipinski definition) is 7. The van der Waals surface area contributed by atoms with Crippen molar-refractivity contribution in [2.24, 2.45) is 7.05 Å². The second-order valence-electron chi connectivity index (χ2n) is 6.51. The van der Waals surface area contributed by atoms with Crippen LogP contribution in [0, 0.1) is 15.9 Å². The van der Waals surface area contributed by atoms with Gasteiger partial charge in [0.15, 0.2) is 10.9 Å². The summed E-state index contributed by atoms with van der Waals surface area (Å²) >= 11 is 1.14. The Hall–Kier alpha value is -3.60. The summed E-state index contributed by atoms with van der Waals surface area (Å²) in [6.07, 6.45) is 0.362. The van der Waals surface area contributed by atoms with Crippen LogP contribution in [0.3, 0.4) is 0 Å². The van der Waals surface area contributed by atoms with E-state index in [2.05, 4.69) is 15.5 Å². The average Bonchev–Trinajstić information content (AvgIpc) is 3.11. The number of para-hydroxylation sites is 1. The predicted molar refractivity (Wildman–Crippen MR) is 113 cm³/mol. The monoisotopic (exact) mass is 443 g/mol. The van der Waals surface area contributed by atoms with E-state index in [9.17, 15) is 24.1 Å². The first-order valence-electron chi connectivity index (χ1n) is 9.18. The zero-order chi connectivity index (χ0) is 22.4. The summed E-state index contributed by atoms with van der Waals surface area (Å²) in [7, 11) is 1.71. The van der Waals surface area contributed by atoms with Gasteiger partial charge in [-0.05, 0) is 12.1 Å². The molecule has 0 aliphatic carbocycles. The predicted octanol–water partition coefficient (Wildman–Crippen LogP) is 3.41. The van der Waals surface area contributed by atoms with E-state index >= 15 is 0 Å². The Balaban J connectivity index is 1.54. The molecule has 0 radical (unpaired) electrons. The van der Waals surface area contributed by atoms with E-state index in [1.807, 2.05) is 0 Å². The summed E-state index contributed by atoms with van der Waals surface area (Å²) in [5.41, 5.74) is 0.209. The van der Waals surface area contributed by atoms with Crippen molar-refractivity contribution in [3.8, 4) is 0 Å². The molecule has 1 heterocycles. The maximum Gasteiger partial charge on any atom is 0.270 e. The van der Waals surface area contributed by atoms with E-state index in [0.717, 1.165) is 11.8 Å². The standard InChI is InChI=1S/C20H18FN5O4S/c1-25-18(9-10-19(28)22-16-8-3-2-7-15(16)21)23-24-20(25)31-12-17(27)13-5-4-6-14(11-13)26(29)30/h2-8,11H,9-10,12H2,1H3,(H,22,28). The average molecular weight is 443 g/mol. The summed E-state index contributed by atoms with van der Waals surface area (Å²) in [6, 6.07) is 11.4. The molecule has 1 amide bonds. The van der Waals surface area contributed by atoms with Crippen molar-refractivity contribution in [2.45, 2.75) is 18.0 Å². The highest BCUT2D eigenvalue weighted by molar-refractivity contribution is 7.99. The Labute approximate surface area is 180 Å². The van der Waals surface area contributed by atoms with Crippen molar-refractivity contribution in [1.29, 1.82) is 0 Å². The Morgan fingerprint density at radius 1 is 1.19 bits per heavy atom. The summed E-state index contributed by atoms with van der Waals surface area (Å²) in [4.78, 5) is 34.7. The van der Waals surface area contributed by atoms with Gasteiger partial charge in [-0.15, -0.1) is 10.2 Å². The van der Waals surface area contributed by atoms with Gasteiger partial charge in [0.05, 0.1) is 16.4 Å². The number of hydrogen-bond donors (Lipinski definition) is 1. The number of halogens is 1. The smallest absolute Gasteiger partial charge is 0.270 e. The van der Waals surface area contributed by atoms with E-state index in [4.69, 9.17) is 0 Å². The van der Waals surface area contributed by atoms with Crippen LogP contribution in [0.2, 0.25) is 0 Å². The number of rotatable bonds is 9. The van der Waals surface area contributed by atoms with Crippen LogP contribution in [0.5, 0.6) is 0 Å². The van der Waals surface area contributed by atoms with Crippen molar-refractivity contribution >= 4 is 34.8 Å². The normalized spacial score (nSPS) is 10.6. The number of thioether (sulfide) groups is 1. The fraction of sp³-hybridized carbons (Fsp3) is 0.200. The minimum absolute atomic E-state index is 0.0287. The fourth-order valence-electron chi connectivity index (χ4n) is 2.70. The molecule has 0 unspecified atom stereocenters. The molecule has 160 valence electrons. The van der Waals surface area contributed by atoms with Gasteiger partial charge in [0.1, 0.15) is 11.6 Å². The largest absolute Gasteiger partial charge is 0.324 e. The molecule has 3 rings (SSSR count). The number of anilines is 1. The molecule has 0 aliphatic rings. The lowest BCUT2D eigenvalue weighted by atomic mass is 10.1. The van der Waals surface area contributed by atoms with E-state index in [-0.39, 0.29) is 47.2 Å². The highest BCUT2D eigenvalue weighted by atomic mass is 32.2. The van der Waals surface area contributed by atoms with Gasteiger partial charge < -0.3 is 9.88 Å². The second-order valence-corrected chi connectivity index (χ2v) is 7.45. The Morgan fingerprint density at radius 2 is 1.97 bits per heavy atom. The number of nitro benzene ring substituents is 1. The van der Waals surface area contributed by atoms with Gasteiger partial charge in [-0.2, -0.15) is 0 Å². The zero-order valence-corrected chi connectivity index (χ0v) is 17.3. The van der Waals surface area contributed by atoms with E-state index in [1.54, 1.807) is 17.7 Å². The number of non-ortho nitro benzene ring substituents is 1. The number of ketones is 1. The van der Waals surface area contributed by atoms with Gasteiger partial charge in [0, 0.05) is 37.6 Å². The third kappa shape index (κ3) is 5.72. The molecular formula is C20H18FN5O4S. The number of aromatic nitrogens is 3. The number of Topliss-reactive ketones (excluding diaryl/α,β-unsaturated/α-hetero) is 1. The van der Waals surface area contributed by atoms with Gasteiger partial charge in [-0.3, -0.25) is 19.7 Å². The van der Waals surface area contributed by atoms with Gasteiger partial charge >= 0.3 is 0 Å². The second kappa shape index (κ2) is 9.94. The summed E-state index contributed by atoms with van der Waals surface area (Å²) < 4.78 is 15.3. The van der Waals surface area contributed by atoms with E-state index in [1.165, 1.54) is 42.5 Å². The molecule has 1 N–H and O–H groups in total. The summed E-state index contributed by atoms with van der Waals surface area (Å²) in [5, 5.41) is 21.9. The number of nitro groups is 1. The van der Waals surface area contributed by atoms with Crippen molar-refractivity contribution in [3.05, 3.63) is 75.9 Å². The molecule has 0 saturated heterocycles. The SMILES string of the molecule is Cn1c(CCC(=O)Nc2ccccc2F)nnc1SCC(=O)c1cccc([N+](=O)[O-])c1. The maximum absolute atomic E-state index is 13.6. The highest BCUT2D eigenvalue weighted by Gasteiger charge is 2.16. The fourth-order valence-corrected chi connectivity index (χ4v) is 3.52. The van der Waals surface area contributed by atoms with Crippen LogP contribution in [0.25, 0.3) is 0 Å². The van der Waals surface area contributed by atoms with Crippen LogP contribution < -0.4 is 5.32 Å². The molecule has 0 fully saturated rings. The minimum Gasteiger partial charge on any atom is -0.324 e. The van der Waals surface area contributed by atoms with Crippen LogP contribution in [0.1, 0.15) is 22.6 Å². The molecule has 0 bridgehead atoms. The zero-order valence-electron chi connectivity index (χ0n) is 16.4. The first kappa shape index (κ1) is 22.1. The summed E-state index contributed by atoms with van der Waals surface area (Å²) in [6.45, 7) is 0. The Bertz CT molecular complexity index is 1130. The number of nitrogens with zero attached hydrogens (tertiary/aromatic N) is 4. The van der Waals surface area contributed by atoms with Crippen molar-refractivity contribution in [1.82, 2.24) is 14.8 Å². The molecule has 2 aromatic carbocycles. The molecule has 31 heavy (non-hydrogen) atoms. The quantitative estimate of drug-likeness (QED) is 0.233. The number of carbonyl (C=O) groups excluding carboxylic acids is 2. The molecule has 0 aliphatic heterocycles. The van der Waals surface area contributed by atoms with Gasteiger partial charge in [-0.1, -0.05) is 36.0 Å². The number of benzene rings is 2. The number of amides is 1. The van der Waals surface area contributed by atoms with Crippen LogP contribution in [-0.4, -0.2) is 37.1 Å². The van der Waals surface area contributed by atoms with Crippen molar-refractivity contribution in [3.63, 3.8) is 0 Å². The van der Waals surface area contributed by atoms with E-state index in [0.29, 0.717) is 11.0 Å². The Morgan fingerprint density at radius 3 is 2.71 bits per heavy atom. The van der Waals surface area contributed by atoms with Crippen molar-refractivity contribution in [2.75, 3.05) is 11.1 Å². The van der Waals surface area contributed by atoms with Crippen LogP contribution in [0.4, 0.5) is 15.8 Å². The van der Waals surface area contributed by atoms with Crippen molar-refractivity contribution < 1.29 is 18.9 Å². The van der Waals surface area contributed by atoms with Crippen LogP contribution in [-0.2, 0) is 18.3 Å². The third-order valence-electron chi connectivity index (χ3n) is 4.36. The topological polar surface area (TPSA) is 120 Å². The lowest BCUT2D eigenvalue weighted by Crippen LogP contribution is -2.14. The molecule has 9 nitrogen and oxygen atoms in total. The highest BCUT2D eigenvalue weighted by Crippen LogP contribution is 2.20. The van der Waals surface area contributed by atoms with Gasteiger partial charge in [0.25, 0.3) is 5.69 Å². The summed E-state index contributed by atoms with van der Waals surface area (Å²) in [5.74, 6) is -0.581. The molecule has 3 aromatic rings. The molecule has 0 saturated carbocycles. The third-order valence-corrected chi connectivity index (χ3v) is 5.38. The Kier molecular flexibility index (Phi) is 7.08. The van der Waals surface area contributed by atoms with Gasteiger partial charge in [-0.25, -0.2) is 4.39 Å². The van der Waals surface area contributed by atoms with Gasteiger partial charge in [0.2, 0.25) is 5.91 Å². The molecule has 0 spiro atoms. The number of aryl methyl sites for hydroxylation is 1. The lowest BCUT2D eigenvalue weighted by Gasteiger charge is -2.06. The first-order chi connectivity index (χ1) is 14.8. The molecule has 0 atom stereocenters. The van der Waals surface area contributed by atoms with E-state index < -0.39 is 10.7 Å². The molecule has 11 heteroatoms. The number of carbonyl (C=O) groups is 2. The molecular weight excluding hydrogens is 425 g/mol. The molecule has 1 aromatic heterocycles. The van der Waals surface area contributed by atoms with Crippen LogP contribution in [0.15, 0.2) is 53.7 Å². The minimum atomic E-state index is -0.554. The lowest BCUT2D eigenvalue weighted by molar-refractivity contribution is -0.384. The van der Waals surface area contributed by atoms with Crippen LogP contribution >= 0.6 is 11.8 Å². The number of nitrogens with one attached hydrogen (secondary N) is 1. The first-order valence-corrected chi connectivity index (χ1v) is 10.2. The maximum atomic E-state index is 13.6.